The Balaban J connectivity index is -0.000000180. The molecular formula is C14H30Zn. The van der Waals surface area contributed by atoms with Crippen molar-refractivity contribution in [2.45, 2.75) is 66.2 Å². The quantitative estimate of drug-likeness (QED) is 0.451. The van der Waals surface area contributed by atoms with E-state index in [1.807, 2.05) is 0 Å². The van der Waals surface area contributed by atoms with Crippen molar-refractivity contribution in [3.63, 3.8) is 0 Å². The monoisotopic (exact) mass is 262 g/mol. The van der Waals surface area contributed by atoms with Crippen molar-refractivity contribution in [1.29, 1.82) is 0 Å². The maximum absolute atomic E-state index is 3.80. The van der Waals surface area contributed by atoms with Crippen molar-refractivity contribution in [3.8, 4) is 0 Å². The SMILES string of the molecule is [CH2-]CC(C)CCC.[CH2-]CC(C)CCC.[Zn+2]. The molecule has 0 aromatic heterocycles. The molecule has 0 rings (SSSR count). The second-order valence-corrected chi connectivity index (χ2v) is 4.37. The summed E-state index contributed by atoms with van der Waals surface area (Å²) in [4.78, 5) is 0. The molecule has 2 atom stereocenters. The second kappa shape index (κ2) is 17.0. The van der Waals surface area contributed by atoms with Crippen molar-refractivity contribution in [3.05, 3.63) is 13.8 Å². The van der Waals surface area contributed by atoms with Crippen LogP contribution in [0.15, 0.2) is 0 Å². The van der Waals surface area contributed by atoms with Crippen molar-refractivity contribution < 1.29 is 19.5 Å². The molecule has 0 heterocycles. The minimum Gasteiger partial charge on any atom is -0.343 e. The summed E-state index contributed by atoms with van der Waals surface area (Å²) in [6.45, 7) is 16.5. The van der Waals surface area contributed by atoms with Crippen LogP contribution in [0.5, 0.6) is 0 Å². The summed E-state index contributed by atoms with van der Waals surface area (Å²) in [6.07, 6.45) is 7.46. The number of hydrogen-bond acceptors (Lipinski definition) is 0. The summed E-state index contributed by atoms with van der Waals surface area (Å²) in [6, 6.07) is 0. The van der Waals surface area contributed by atoms with E-state index < -0.39 is 0 Å². The molecule has 0 aromatic carbocycles. The summed E-state index contributed by atoms with van der Waals surface area (Å²) in [5.41, 5.74) is 0. The molecular weight excluding hydrogens is 234 g/mol. The van der Waals surface area contributed by atoms with E-state index in [4.69, 9.17) is 0 Å². The Morgan fingerprint density at radius 1 is 0.800 bits per heavy atom. The Morgan fingerprint density at radius 2 is 1.07 bits per heavy atom. The zero-order chi connectivity index (χ0) is 11.4. The Morgan fingerprint density at radius 3 is 1.13 bits per heavy atom. The van der Waals surface area contributed by atoms with Gasteiger partial charge in [0.25, 0.3) is 0 Å². The summed E-state index contributed by atoms with van der Waals surface area (Å²) in [7, 11) is 0. The molecule has 15 heavy (non-hydrogen) atoms. The van der Waals surface area contributed by atoms with Crippen LogP contribution in [0.25, 0.3) is 0 Å². The molecule has 88 valence electrons. The summed E-state index contributed by atoms with van der Waals surface area (Å²) in [5.74, 6) is 1.68. The van der Waals surface area contributed by atoms with E-state index in [0.29, 0.717) is 0 Å². The van der Waals surface area contributed by atoms with Crippen LogP contribution in [0, 0.1) is 25.7 Å². The average molecular weight is 264 g/mol. The second-order valence-electron chi connectivity index (χ2n) is 4.37. The van der Waals surface area contributed by atoms with Crippen molar-refractivity contribution in [2.24, 2.45) is 11.8 Å². The van der Waals surface area contributed by atoms with Crippen LogP contribution in [-0.4, -0.2) is 0 Å². The predicted molar refractivity (Wildman–Crippen MR) is 68.1 cm³/mol. The third-order valence-corrected chi connectivity index (χ3v) is 2.55. The van der Waals surface area contributed by atoms with Crippen LogP contribution in [0.2, 0.25) is 0 Å². The molecule has 0 aromatic rings. The van der Waals surface area contributed by atoms with Gasteiger partial charge in [0, 0.05) is 0 Å². The maximum atomic E-state index is 3.80. The van der Waals surface area contributed by atoms with Gasteiger partial charge in [0.15, 0.2) is 0 Å². The Bertz CT molecular complexity index is 79.3. The Kier molecular flexibility index (Phi) is 23.8. The van der Waals surface area contributed by atoms with Gasteiger partial charge in [-0.15, -0.1) is 0 Å². The van der Waals surface area contributed by atoms with Gasteiger partial charge in [-0.2, -0.15) is 12.8 Å². The van der Waals surface area contributed by atoms with Crippen molar-refractivity contribution in [2.75, 3.05) is 0 Å². The predicted octanol–water partition coefficient (Wildman–Crippen LogP) is 5.29. The molecule has 0 aliphatic carbocycles. The van der Waals surface area contributed by atoms with E-state index in [0.717, 1.165) is 24.7 Å². The summed E-state index contributed by atoms with van der Waals surface area (Å²) >= 11 is 0. The van der Waals surface area contributed by atoms with E-state index in [2.05, 4.69) is 41.5 Å². The van der Waals surface area contributed by atoms with Gasteiger partial charge in [-0.1, -0.05) is 65.2 Å². The zero-order valence-corrected chi connectivity index (χ0v) is 14.5. The van der Waals surface area contributed by atoms with E-state index in [1.165, 1.54) is 25.7 Å². The first-order chi connectivity index (χ1) is 6.62. The van der Waals surface area contributed by atoms with Crippen LogP contribution in [0.3, 0.4) is 0 Å². The van der Waals surface area contributed by atoms with Crippen molar-refractivity contribution in [1.82, 2.24) is 0 Å². The molecule has 0 bridgehead atoms. The molecule has 0 fully saturated rings. The normalized spacial score (nSPS) is 13.2. The van der Waals surface area contributed by atoms with Crippen molar-refractivity contribution >= 4 is 0 Å². The first-order valence-corrected chi connectivity index (χ1v) is 6.20. The molecule has 0 aliphatic heterocycles. The van der Waals surface area contributed by atoms with Gasteiger partial charge in [-0.25, -0.2) is 0 Å². The molecule has 0 saturated heterocycles. The number of hydrogen-bond donors (Lipinski definition) is 0. The molecule has 2 unspecified atom stereocenters. The largest absolute Gasteiger partial charge is 2.00 e. The molecule has 0 nitrogen and oxygen atoms in total. The third-order valence-electron chi connectivity index (χ3n) is 2.55. The van der Waals surface area contributed by atoms with Gasteiger partial charge in [0.2, 0.25) is 0 Å². The third kappa shape index (κ3) is 20.6. The minimum atomic E-state index is 0. The molecule has 0 N–H and O–H groups in total. The van der Waals surface area contributed by atoms with Gasteiger partial charge < -0.3 is 13.8 Å². The van der Waals surface area contributed by atoms with E-state index in [-0.39, 0.29) is 19.5 Å². The molecule has 0 saturated carbocycles. The molecule has 0 spiro atoms. The first-order valence-electron chi connectivity index (χ1n) is 6.20. The first kappa shape index (κ1) is 21.0. The van der Waals surface area contributed by atoms with E-state index >= 15 is 0 Å². The topological polar surface area (TPSA) is 0 Å². The number of rotatable bonds is 6. The fourth-order valence-corrected chi connectivity index (χ4v) is 1.27. The Hall–Kier alpha value is 0.623. The van der Waals surface area contributed by atoms with Gasteiger partial charge in [0.05, 0.1) is 0 Å². The molecule has 0 amide bonds. The molecule has 0 radical (unpaired) electrons. The fourth-order valence-electron chi connectivity index (χ4n) is 1.27. The van der Waals surface area contributed by atoms with Gasteiger partial charge in [-0.3, -0.25) is 0 Å². The van der Waals surface area contributed by atoms with Crippen LogP contribution in [0.1, 0.15) is 66.2 Å². The summed E-state index contributed by atoms with van der Waals surface area (Å²) < 4.78 is 0. The van der Waals surface area contributed by atoms with Crippen LogP contribution < -0.4 is 0 Å². The van der Waals surface area contributed by atoms with E-state index in [1.54, 1.807) is 0 Å². The van der Waals surface area contributed by atoms with E-state index in [9.17, 15) is 0 Å². The van der Waals surface area contributed by atoms with Crippen LogP contribution >= 0.6 is 0 Å². The van der Waals surface area contributed by atoms with Gasteiger partial charge in [-0.05, 0) is 0 Å². The zero-order valence-electron chi connectivity index (χ0n) is 11.5. The average Bonchev–Trinajstić information content (AvgIpc) is 2.19. The minimum absolute atomic E-state index is 0. The van der Waals surface area contributed by atoms with Crippen LogP contribution in [0.4, 0.5) is 0 Å². The fraction of sp³-hybridized carbons (Fsp3) is 0.857. The molecule has 0 aliphatic rings. The molecule has 1 heteroatoms. The Labute approximate surface area is 111 Å². The van der Waals surface area contributed by atoms with Gasteiger partial charge in [0.1, 0.15) is 0 Å². The maximum Gasteiger partial charge on any atom is 2.00 e. The van der Waals surface area contributed by atoms with Gasteiger partial charge >= 0.3 is 19.5 Å². The standard InChI is InChI=1S/2C7H15.Zn/c2*1-4-6-7(3)5-2;/h2*7H,2,4-6H2,1,3H3;/q2*-1;+2. The van der Waals surface area contributed by atoms with Crippen LogP contribution in [-0.2, 0) is 19.5 Å². The smallest absolute Gasteiger partial charge is 0.343 e. The summed E-state index contributed by atoms with van der Waals surface area (Å²) in [5, 5.41) is 0.